The van der Waals surface area contributed by atoms with Crippen molar-refractivity contribution in [2.24, 2.45) is 11.8 Å². The quantitative estimate of drug-likeness (QED) is 0.274. The maximum Gasteiger partial charge on any atom is 0.303 e. The van der Waals surface area contributed by atoms with Gasteiger partial charge in [0.15, 0.2) is 0 Å². The van der Waals surface area contributed by atoms with Gasteiger partial charge in [-0.3, -0.25) is 4.79 Å². The minimum absolute atomic E-state index is 0.0756. The van der Waals surface area contributed by atoms with E-state index in [1.165, 1.54) is 11.8 Å². The third-order valence-corrected chi connectivity index (χ3v) is 7.33. The van der Waals surface area contributed by atoms with Gasteiger partial charge in [-0.15, -0.1) is 0 Å². The molecule has 3 unspecified atom stereocenters. The fourth-order valence-electron chi connectivity index (χ4n) is 4.03. The lowest BCUT2D eigenvalue weighted by Gasteiger charge is -2.24. The van der Waals surface area contributed by atoms with Crippen LogP contribution in [0.15, 0.2) is 24.3 Å². The Labute approximate surface area is 188 Å². The van der Waals surface area contributed by atoms with E-state index in [4.69, 9.17) is 14.6 Å². The Morgan fingerprint density at radius 2 is 1.87 bits per heavy atom. The number of unbranched alkanes of at least 4 members (excludes halogenated alkanes) is 3. The summed E-state index contributed by atoms with van der Waals surface area (Å²) in [5.41, 5.74) is 0. The van der Waals surface area contributed by atoms with Gasteiger partial charge in [0.05, 0.1) is 19.3 Å². The molecule has 0 spiro atoms. The summed E-state index contributed by atoms with van der Waals surface area (Å²) >= 11 is 1.50. The Balaban J connectivity index is 1.75. The van der Waals surface area contributed by atoms with Crippen molar-refractivity contribution < 1.29 is 34.4 Å². The highest BCUT2D eigenvalue weighted by Gasteiger charge is 2.42. The van der Waals surface area contributed by atoms with Crippen LogP contribution in [0.2, 0.25) is 0 Å². The van der Waals surface area contributed by atoms with Gasteiger partial charge in [-0.25, -0.2) is 0 Å². The van der Waals surface area contributed by atoms with Gasteiger partial charge in [-0.2, -0.15) is 11.8 Å². The van der Waals surface area contributed by atoms with Gasteiger partial charge in [0, 0.05) is 23.3 Å². The first kappa shape index (κ1) is 25.5. The molecule has 5 atom stereocenters. The van der Waals surface area contributed by atoms with E-state index < -0.39 is 18.2 Å². The standard InChI is InChI=1S/C23H34O7S/c1-29-18-8-10-19(11-9-18)30-14-17(25)15-31-23-20(16(13-24)12-21(23)26)6-4-2-3-5-7-22(27)28/h8-11,13,16-17,20-21,23,25-26H,2-7,12,14-15H2,1H3,(H,27,28)/t16?,17?,20-,21?,23+/m0/s1. The van der Waals surface area contributed by atoms with Crippen molar-refractivity contribution in [1.82, 2.24) is 0 Å². The molecule has 0 aromatic heterocycles. The number of carbonyl (C=O) groups excluding carboxylic acids is 1. The van der Waals surface area contributed by atoms with Crippen molar-refractivity contribution in [1.29, 1.82) is 0 Å². The SMILES string of the molecule is COc1ccc(OCC(O)CS[C@H]2C(O)CC(C=O)[C@@H]2CCCCCCC(=O)O)cc1. The van der Waals surface area contributed by atoms with E-state index in [9.17, 15) is 19.8 Å². The van der Waals surface area contributed by atoms with Crippen molar-refractivity contribution in [3.8, 4) is 11.5 Å². The van der Waals surface area contributed by atoms with Crippen LogP contribution < -0.4 is 9.47 Å². The Kier molecular flexibility index (Phi) is 11.2. The van der Waals surface area contributed by atoms with E-state index in [2.05, 4.69) is 0 Å². The molecule has 0 saturated heterocycles. The van der Waals surface area contributed by atoms with Crippen molar-refractivity contribution in [3.05, 3.63) is 24.3 Å². The molecular weight excluding hydrogens is 420 g/mol. The van der Waals surface area contributed by atoms with Gasteiger partial charge in [0.2, 0.25) is 0 Å². The summed E-state index contributed by atoms with van der Waals surface area (Å²) in [6, 6.07) is 7.13. The van der Waals surface area contributed by atoms with Gasteiger partial charge >= 0.3 is 5.97 Å². The minimum Gasteiger partial charge on any atom is -0.497 e. The van der Waals surface area contributed by atoms with Gasteiger partial charge < -0.3 is 29.6 Å². The van der Waals surface area contributed by atoms with Gasteiger partial charge in [0.1, 0.15) is 24.4 Å². The smallest absolute Gasteiger partial charge is 0.303 e. The van der Waals surface area contributed by atoms with Crippen molar-refractivity contribution in [3.63, 3.8) is 0 Å². The number of carboxylic acid groups (broad SMARTS) is 1. The average molecular weight is 455 g/mol. The van der Waals surface area contributed by atoms with Crippen LogP contribution in [-0.4, -0.2) is 64.5 Å². The van der Waals surface area contributed by atoms with Gasteiger partial charge in [0.25, 0.3) is 0 Å². The molecule has 1 aliphatic carbocycles. The van der Waals surface area contributed by atoms with E-state index in [0.29, 0.717) is 24.3 Å². The number of aliphatic hydroxyl groups excluding tert-OH is 2. The van der Waals surface area contributed by atoms with E-state index in [1.54, 1.807) is 31.4 Å². The number of aliphatic hydroxyl groups is 2. The van der Waals surface area contributed by atoms with Crippen LogP contribution in [0.3, 0.4) is 0 Å². The summed E-state index contributed by atoms with van der Waals surface area (Å²) in [7, 11) is 1.59. The fraction of sp³-hybridized carbons (Fsp3) is 0.652. The summed E-state index contributed by atoms with van der Waals surface area (Å²) in [5.74, 6) is 0.930. The number of carbonyl (C=O) groups is 2. The Morgan fingerprint density at radius 1 is 1.19 bits per heavy atom. The van der Waals surface area contributed by atoms with Crippen LogP contribution in [0.5, 0.6) is 11.5 Å². The molecule has 1 aliphatic rings. The van der Waals surface area contributed by atoms with Crippen LogP contribution in [0.1, 0.15) is 44.9 Å². The summed E-state index contributed by atoms with van der Waals surface area (Å²) in [6.45, 7) is 0.146. The first-order valence-electron chi connectivity index (χ1n) is 10.9. The molecule has 3 N–H and O–H groups in total. The molecule has 0 amide bonds. The van der Waals surface area contributed by atoms with Crippen LogP contribution in [0.25, 0.3) is 0 Å². The molecule has 1 fully saturated rings. The monoisotopic (exact) mass is 454 g/mol. The molecule has 1 aromatic rings. The first-order chi connectivity index (χ1) is 14.9. The number of carboxylic acids is 1. The van der Waals surface area contributed by atoms with E-state index in [1.807, 2.05) is 0 Å². The van der Waals surface area contributed by atoms with Crippen LogP contribution >= 0.6 is 11.8 Å². The number of hydrogen-bond acceptors (Lipinski definition) is 7. The van der Waals surface area contributed by atoms with Crippen LogP contribution in [0, 0.1) is 11.8 Å². The highest BCUT2D eigenvalue weighted by Crippen LogP contribution is 2.42. The summed E-state index contributed by atoms with van der Waals surface area (Å²) in [4.78, 5) is 22.1. The minimum atomic E-state index is -0.772. The van der Waals surface area contributed by atoms with Gasteiger partial charge in [-0.05, 0) is 49.4 Å². The normalized spacial score (nSPS) is 24.0. The predicted octanol–water partition coefficient (Wildman–Crippen LogP) is 3.16. The molecule has 1 aromatic carbocycles. The molecule has 0 aliphatic heterocycles. The molecular formula is C23H34O7S. The van der Waals surface area contributed by atoms with Gasteiger partial charge in [-0.1, -0.05) is 19.3 Å². The number of benzene rings is 1. The molecule has 7 nitrogen and oxygen atoms in total. The number of aldehydes is 1. The van der Waals surface area contributed by atoms with E-state index >= 15 is 0 Å². The van der Waals surface area contributed by atoms with E-state index in [0.717, 1.165) is 37.7 Å². The number of rotatable bonds is 15. The van der Waals surface area contributed by atoms with Crippen molar-refractivity contribution >= 4 is 24.0 Å². The van der Waals surface area contributed by atoms with Crippen LogP contribution in [-0.2, 0) is 9.59 Å². The fourth-order valence-corrected chi connectivity index (χ4v) is 5.49. The van der Waals surface area contributed by atoms with Crippen LogP contribution in [0.4, 0.5) is 0 Å². The lowest BCUT2D eigenvalue weighted by molar-refractivity contribution is -0.137. The third kappa shape index (κ3) is 8.71. The zero-order chi connectivity index (χ0) is 22.6. The Hall–Kier alpha value is -1.77. The van der Waals surface area contributed by atoms with Crippen molar-refractivity contribution in [2.75, 3.05) is 19.5 Å². The number of ether oxygens (including phenoxy) is 2. The number of hydrogen-bond donors (Lipinski definition) is 3. The lowest BCUT2D eigenvalue weighted by Crippen LogP contribution is -2.28. The molecule has 0 radical (unpaired) electrons. The highest BCUT2D eigenvalue weighted by atomic mass is 32.2. The second-order valence-corrected chi connectivity index (χ2v) is 9.26. The Bertz CT molecular complexity index is 666. The lowest BCUT2D eigenvalue weighted by atomic mass is 9.91. The molecule has 0 bridgehead atoms. The van der Waals surface area contributed by atoms with E-state index in [-0.39, 0.29) is 30.1 Å². The topological polar surface area (TPSA) is 113 Å². The maximum absolute atomic E-state index is 11.5. The molecule has 0 heterocycles. The number of aliphatic carboxylic acids is 1. The molecule has 2 rings (SSSR count). The summed E-state index contributed by atoms with van der Waals surface area (Å²) < 4.78 is 10.7. The molecule has 1 saturated carbocycles. The zero-order valence-electron chi connectivity index (χ0n) is 18.0. The second kappa shape index (κ2) is 13.6. The highest BCUT2D eigenvalue weighted by molar-refractivity contribution is 8.00. The second-order valence-electron chi connectivity index (χ2n) is 8.05. The maximum atomic E-state index is 11.5. The summed E-state index contributed by atoms with van der Waals surface area (Å²) in [6.07, 6.45) is 4.51. The predicted molar refractivity (Wildman–Crippen MR) is 120 cm³/mol. The largest absolute Gasteiger partial charge is 0.497 e. The first-order valence-corrected chi connectivity index (χ1v) is 11.9. The molecule has 31 heavy (non-hydrogen) atoms. The number of thioether (sulfide) groups is 1. The molecule has 8 heteroatoms. The summed E-state index contributed by atoms with van der Waals surface area (Å²) in [5, 5.41) is 29.4. The average Bonchev–Trinajstić information content (AvgIpc) is 3.07. The third-order valence-electron chi connectivity index (χ3n) is 5.70. The number of methoxy groups -OCH3 is 1. The van der Waals surface area contributed by atoms with Crippen molar-refractivity contribution in [2.45, 2.75) is 62.4 Å². The Morgan fingerprint density at radius 3 is 2.52 bits per heavy atom. The zero-order valence-corrected chi connectivity index (χ0v) is 18.8. The molecule has 174 valence electrons.